The van der Waals surface area contributed by atoms with Crippen LogP contribution in [0.5, 0.6) is 23.0 Å². The average Bonchev–Trinajstić information content (AvgIpc) is 2.60. The van der Waals surface area contributed by atoms with Crippen molar-refractivity contribution in [1.82, 2.24) is 0 Å². The molecule has 0 saturated heterocycles. The zero-order valence-corrected chi connectivity index (χ0v) is 13.2. The second-order valence-electron chi connectivity index (χ2n) is 5.27. The summed E-state index contributed by atoms with van der Waals surface area (Å²) in [5, 5.41) is 9.64. The summed E-state index contributed by atoms with van der Waals surface area (Å²) in [5.74, 6) is 2.19. The van der Waals surface area contributed by atoms with Crippen molar-refractivity contribution >= 4 is 6.21 Å². The largest absolute Gasteiger partial charge is 0.504 e. The molecule has 1 atom stereocenters. The molecule has 0 radical (unpaired) electrons. The zero-order chi connectivity index (χ0) is 16.2. The van der Waals surface area contributed by atoms with Gasteiger partial charge in [-0.05, 0) is 42.0 Å². The number of phenols is 1. The average molecular weight is 313 g/mol. The highest BCUT2D eigenvalue weighted by Crippen LogP contribution is 2.37. The van der Waals surface area contributed by atoms with E-state index in [0.29, 0.717) is 12.4 Å². The van der Waals surface area contributed by atoms with Gasteiger partial charge in [0.25, 0.3) is 0 Å². The van der Waals surface area contributed by atoms with Crippen molar-refractivity contribution < 1.29 is 19.3 Å². The number of nitrogens with zero attached hydrogens (tertiary/aromatic N) is 1. The molecule has 0 amide bonds. The van der Waals surface area contributed by atoms with Crippen molar-refractivity contribution in [2.24, 2.45) is 4.99 Å². The molecule has 0 saturated carbocycles. The molecule has 1 aliphatic heterocycles. The molecule has 1 heterocycles. The molecular weight excluding hydrogens is 294 g/mol. The maximum atomic E-state index is 9.64. The zero-order valence-electron chi connectivity index (χ0n) is 13.2. The fourth-order valence-electron chi connectivity index (χ4n) is 2.59. The molecule has 0 bridgehead atoms. The van der Waals surface area contributed by atoms with Gasteiger partial charge in [0, 0.05) is 18.2 Å². The van der Waals surface area contributed by atoms with Crippen LogP contribution in [0.25, 0.3) is 0 Å². The van der Waals surface area contributed by atoms with E-state index < -0.39 is 0 Å². The number of hydrogen-bond donors (Lipinski definition) is 1. The van der Waals surface area contributed by atoms with E-state index in [9.17, 15) is 5.11 Å². The van der Waals surface area contributed by atoms with Crippen LogP contribution in [0.1, 0.15) is 23.6 Å². The Labute approximate surface area is 135 Å². The summed E-state index contributed by atoms with van der Waals surface area (Å²) in [7, 11) is 3.17. The monoisotopic (exact) mass is 313 g/mol. The van der Waals surface area contributed by atoms with Gasteiger partial charge in [-0.1, -0.05) is 0 Å². The standard InChI is InChI=1S/C18H19NO4/c1-21-13-4-6-17-14(10-13)15(7-8-23-17)19-11-12-3-5-16(20)18(9-12)22-2/h3-6,9-11,15,20H,7-8H2,1-2H3. The first-order chi connectivity index (χ1) is 11.2. The van der Waals surface area contributed by atoms with Crippen LogP contribution in [0.3, 0.4) is 0 Å². The first-order valence-electron chi connectivity index (χ1n) is 7.42. The van der Waals surface area contributed by atoms with E-state index in [-0.39, 0.29) is 11.8 Å². The summed E-state index contributed by atoms with van der Waals surface area (Å²) in [4.78, 5) is 4.68. The minimum absolute atomic E-state index is 0.0219. The molecule has 3 rings (SSSR count). The molecule has 1 unspecified atom stereocenters. The normalized spacial score (nSPS) is 16.7. The van der Waals surface area contributed by atoms with Gasteiger partial charge in [-0.2, -0.15) is 0 Å². The number of methoxy groups -OCH3 is 2. The quantitative estimate of drug-likeness (QED) is 0.879. The van der Waals surface area contributed by atoms with Crippen LogP contribution >= 0.6 is 0 Å². The van der Waals surface area contributed by atoms with Crippen LogP contribution in [0.4, 0.5) is 0 Å². The predicted octanol–water partition coefficient (Wildman–Crippen LogP) is 3.35. The number of rotatable bonds is 4. The van der Waals surface area contributed by atoms with E-state index in [2.05, 4.69) is 4.99 Å². The Morgan fingerprint density at radius 3 is 2.83 bits per heavy atom. The fraction of sp³-hybridized carbons (Fsp3) is 0.278. The predicted molar refractivity (Wildman–Crippen MR) is 88.1 cm³/mol. The molecule has 1 N–H and O–H groups in total. The topological polar surface area (TPSA) is 60.3 Å². The van der Waals surface area contributed by atoms with Gasteiger partial charge in [0.2, 0.25) is 0 Å². The Bertz CT molecular complexity index is 727. The molecule has 23 heavy (non-hydrogen) atoms. The van der Waals surface area contributed by atoms with Crippen LogP contribution < -0.4 is 14.2 Å². The molecule has 5 heteroatoms. The van der Waals surface area contributed by atoms with Crippen LogP contribution in [-0.2, 0) is 0 Å². The second-order valence-corrected chi connectivity index (χ2v) is 5.27. The van der Waals surface area contributed by atoms with Crippen LogP contribution in [0.2, 0.25) is 0 Å². The highest BCUT2D eigenvalue weighted by Gasteiger charge is 2.21. The highest BCUT2D eigenvalue weighted by atomic mass is 16.5. The van der Waals surface area contributed by atoms with Gasteiger partial charge in [0.15, 0.2) is 11.5 Å². The van der Waals surface area contributed by atoms with E-state index in [1.165, 1.54) is 7.11 Å². The van der Waals surface area contributed by atoms with E-state index >= 15 is 0 Å². The molecule has 1 aliphatic rings. The lowest BCUT2D eigenvalue weighted by Crippen LogP contribution is -2.13. The third kappa shape index (κ3) is 3.23. The Kier molecular flexibility index (Phi) is 4.37. The molecule has 0 spiro atoms. The molecule has 0 fully saturated rings. The molecule has 2 aromatic rings. The first kappa shape index (κ1) is 15.2. The summed E-state index contributed by atoms with van der Waals surface area (Å²) in [6.07, 6.45) is 2.60. The van der Waals surface area contributed by atoms with E-state index in [0.717, 1.165) is 29.0 Å². The Morgan fingerprint density at radius 1 is 1.17 bits per heavy atom. The van der Waals surface area contributed by atoms with Crippen LogP contribution in [0, 0.1) is 0 Å². The minimum atomic E-state index is 0.0219. The van der Waals surface area contributed by atoms with Gasteiger partial charge in [-0.25, -0.2) is 0 Å². The van der Waals surface area contributed by atoms with Crippen molar-refractivity contribution in [1.29, 1.82) is 0 Å². The molecule has 2 aromatic carbocycles. The number of aromatic hydroxyl groups is 1. The Morgan fingerprint density at radius 2 is 2.04 bits per heavy atom. The summed E-state index contributed by atoms with van der Waals surface area (Å²) in [6.45, 7) is 0.639. The van der Waals surface area contributed by atoms with E-state index in [4.69, 9.17) is 14.2 Å². The lowest BCUT2D eigenvalue weighted by atomic mass is 10.0. The van der Waals surface area contributed by atoms with Gasteiger partial charge < -0.3 is 19.3 Å². The maximum absolute atomic E-state index is 9.64. The number of benzene rings is 2. The lowest BCUT2D eigenvalue weighted by molar-refractivity contribution is 0.268. The summed E-state index contributed by atoms with van der Waals surface area (Å²) >= 11 is 0. The second kappa shape index (κ2) is 6.60. The third-order valence-corrected chi connectivity index (χ3v) is 3.83. The van der Waals surface area contributed by atoms with Crippen molar-refractivity contribution in [3.63, 3.8) is 0 Å². The van der Waals surface area contributed by atoms with Gasteiger partial charge in [0.1, 0.15) is 11.5 Å². The lowest BCUT2D eigenvalue weighted by Gasteiger charge is -2.23. The van der Waals surface area contributed by atoms with Gasteiger partial charge in [-0.15, -0.1) is 0 Å². The smallest absolute Gasteiger partial charge is 0.161 e. The number of hydrogen-bond acceptors (Lipinski definition) is 5. The molecule has 0 aliphatic carbocycles. The minimum Gasteiger partial charge on any atom is -0.504 e. The molecule has 0 aromatic heterocycles. The Hall–Kier alpha value is -2.69. The van der Waals surface area contributed by atoms with E-state index in [1.807, 2.05) is 18.2 Å². The third-order valence-electron chi connectivity index (χ3n) is 3.83. The number of aliphatic imine (C=N–C) groups is 1. The SMILES string of the molecule is COc1ccc2c(c1)C(N=Cc1ccc(O)c(OC)c1)CCO2. The summed E-state index contributed by atoms with van der Waals surface area (Å²) < 4.78 is 16.1. The van der Waals surface area contributed by atoms with Crippen molar-refractivity contribution in [2.75, 3.05) is 20.8 Å². The Balaban J connectivity index is 1.86. The van der Waals surface area contributed by atoms with Crippen molar-refractivity contribution in [2.45, 2.75) is 12.5 Å². The number of ether oxygens (including phenoxy) is 3. The van der Waals surface area contributed by atoms with Crippen molar-refractivity contribution in [3.8, 4) is 23.0 Å². The summed E-state index contributed by atoms with van der Waals surface area (Å²) in [6, 6.07) is 10.9. The first-order valence-corrected chi connectivity index (χ1v) is 7.42. The van der Waals surface area contributed by atoms with Crippen LogP contribution in [-0.4, -0.2) is 32.1 Å². The van der Waals surface area contributed by atoms with Gasteiger partial charge in [-0.3, -0.25) is 4.99 Å². The highest BCUT2D eigenvalue weighted by molar-refractivity contribution is 5.81. The molecular formula is C18H19NO4. The number of phenolic OH excluding ortho intramolecular Hbond substituents is 1. The maximum Gasteiger partial charge on any atom is 0.161 e. The van der Waals surface area contributed by atoms with E-state index in [1.54, 1.807) is 31.5 Å². The van der Waals surface area contributed by atoms with Crippen molar-refractivity contribution in [3.05, 3.63) is 47.5 Å². The van der Waals surface area contributed by atoms with Gasteiger partial charge in [0.05, 0.1) is 26.9 Å². The fourth-order valence-corrected chi connectivity index (χ4v) is 2.59. The number of fused-ring (bicyclic) bond motifs is 1. The molecule has 120 valence electrons. The van der Waals surface area contributed by atoms with Crippen LogP contribution in [0.15, 0.2) is 41.4 Å². The summed E-state index contributed by atoms with van der Waals surface area (Å²) in [5.41, 5.74) is 1.90. The van der Waals surface area contributed by atoms with Gasteiger partial charge >= 0.3 is 0 Å². The molecule has 5 nitrogen and oxygen atoms in total.